The van der Waals surface area contributed by atoms with Gasteiger partial charge in [-0.25, -0.2) is 9.89 Å². The molecular formula is C21H22N4O2S. The van der Waals surface area contributed by atoms with E-state index in [2.05, 4.69) is 27.6 Å². The van der Waals surface area contributed by atoms with Crippen molar-refractivity contribution in [3.05, 3.63) is 75.7 Å². The molecule has 2 aromatic carbocycles. The van der Waals surface area contributed by atoms with Gasteiger partial charge in [0.2, 0.25) is 5.91 Å². The van der Waals surface area contributed by atoms with E-state index in [-0.39, 0.29) is 11.6 Å². The molecule has 4 rings (SSSR count). The van der Waals surface area contributed by atoms with E-state index < -0.39 is 5.25 Å². The number of fused-ring (bicyclic) bond motifs is 1. The van der Waals surface area contributed by atoms with Crippen molar-refractivity contribution >= 4 is 23.4 Å². The SMILES string of the molecule is CC(Sc1n[nH]c(=O)n1Cc1ccccc1)C(=O)Nc1ccc2c(c1)CCC2. The van der Waals surface area contributed by atoms with Gasteiger partial charge >= 0.3 is 5.69 Å². The average Bonchev–Trinajstić information content (AvgIpc) is 3.30. The molecule has 0 bridgehead atoms. The number of benzene rings is 2. The van der Waals surface area contributed by atoms with Gasteiger partial charge in [-0.2, -0.15) is 0 Å². The van der Waals surface area contributed by atoms with Gasteiger partial charge in [-0.3, -0.25) is 9.36 Å². The number of amides is 1. The van der Waals surface area contributed by atoms with Crippen LogP contribution in [0.2, 0.25) is 0 Å². The van der Waals surface area contributed by atoms with E-state index in [1.807, 2.05) is 43.3 Å². The largest absolute Gasteiger partial charge is 0.344 e. The number of nitrogens with one attached hydrogen (secondary N) is 2. The topological polar surface area (TPSA) is 79.8 Å². The molecule has 3 aromatic rings. The molecule has 1 heterocycles. The molecule has 1 aromatic heterocycles. The molecule has 2 N–H and O–H groups in total. The fraction of sp³-hybridized carbons (Fsp3) is 0.286. The van der Waals surface area contributed by atoms with Gasteiger partial charge in [-0.05, 0) is 55.0 Å². The Kier molecular flexibility index (Phi) is 5.34. The summed E-state index contributed by atoms with van der Waals surface area (Å²) in [7, 11) is 0. The average molecular weight is 395 g/mol. The summed E-state index contributed by atoms with van der Waals surface area (Å²) in [5.41, 5.74) is 4.24. The molecule has 0 fully saturated rings. The number of aryl methyl sites for hydroxylation is 2. The van der Waals surface area contributed by atoms with Gasteiger partial charge in [-0.1, -0.05) is 48.2 Å². The van der Waals surface area contributed by atoms with E-state index in [0.717, 1.165) is 24.1 Å². The summed E-state index contributed by atoms with van der Waals surface area (Å²) in [5.74, 6) is -0.107. The number of anilines is 1. The summed E-state index contributed by atoms with van der Waals surface area (Å²) in [6, 6.07) is 15.8. The maximum Gasteiger partial charge on any atom is 0.344 e. The normalized spacial score (nSPS) is 13.9. The molecule has 0 radical (unpaired) electrons. The highest BCUT2D eigenvalue weighted by Gasteiger charge is 2.20. The van der Waals surface area contributed by atoms with Gasteiger partial charge in [0, 0.05) is 5.69 Å². The highest BCUT2D eigenvalue weighted by molar-refractivity contribution is 8.00. The number of rotatable bonds is 6. The maximum atomic E-state index is 12.6. The van der Waals surface area contributed by atoms with E-state index >= 15 is 0 Å². The lowest BCUT2D eigenvalue weighted by molar-refractivity contribution is -0.115. The number of hydrogen-bond donors (Lipinski definition) is 2. The zero-order valence-electron chi connectivity index (χ0n) is 15.6. The Balaban J connectivity index is 1.44. The van der Waals surface area contributed by atoms with Crippen LogP contribution >= 0.6 is 11.8 Å². The monoisotopic (exact) mass is 394 g/mol. The number of carbonyl (C=O) groups excluding carboxylic acids is 1. The second-order valence-corrected chi connectivity index (χ2v) is 8.28. The zero-order valence-corrected chi connectivity index (χ0v) is 16.5. The molecule has 0 spiro atoms. The predicted octanol–water partition coefficient (Wildman–Crippen LogP) is 3.23. The standard InChI is InChI=1S/C21H22N4O2S/c1-14(19(26)22-18-11-10-16-8-5-9-17(16)12-18)28-21-24-23-20(27)25(21)13-15-6-3-2-4-7-15/h2-4,6-7,10-12,14H,5,8-9,13H2,1H3,(H,22,26)(H,23,27). The molecule has 1 aliphatic rings. The van der Waals surface area contributed by atoms with Crippen molar-refractivity contribution in [1.82, 2.24) is 14.8 Å². The lowest BCUT2D eigenvalue weighted by atomic mass is 10.1. The lowest BCUT2D eigenvalue weighted by Gasteiger charge is -2.13. The van der Waals surface area contributed by atoms with Crippen molar-refractivity contribution in [2.24, 2.45) is 0 Å². The second kappa shape index (κ2) is 8.06. The first-order chi connectivity index (χ1) is 13.6. The number of hydrogen-bond acceptors (Lipinski definition) is 4. The number of aromatic amines is 1. The number of thioether (sulfide) groups is 1. The molecule has 28 heavy (non-hydrogen) atoms. The lowest BCUT2D eigenvalue weighted by Crippen LogP contribution is -2.24. The molecule has 144 valence electrons. The molecule has 0 saturated heterocycles. The van der Waals surface area contributed by atoms with Gasteiger partial charge in [-0.15, -0.1) is 5.10 Å². The van der Waals surface area contributed by atoms with Crippen LogP contribution in [0, 0.1) is 0 Å². The van der Waals surface area contributed by atoms with Crippen LogP contribution in [-0.4, -0.2) is 25.9 Å². The number of aromatic nitrogens is 3. The van der Waals surface area contributed by atoms with Gasteiger partial charge in [0.25, 0.3) is 0 Å². The first kappa shape index (κ1) is 18.6. The Labute approximate surface area is 167 Å². The van der Waals surface area contributed by atoms with Crippen molar-refractivity contribution < 1.29 is 4.79 Å². The van der Waals surface area contributed by atoms with Crippen LogP contribution in [0.25, 0.3) is 0 Å². The fourth-order valence-electron chi connectivity index (χ4n) is 3.40. The Morgan fingerprint density at radius 3 is 2.82 bits per heavy atom. The number of carbonyl (C=O) groups is 1. The van der Waals surface area contributed by atoms with E-state index in [1.165, 1.54) is 29.3 Å². The molecular weight excluding hydrogens is 372 g/mol. The quantitative estimate of drug-likeness (QED) is 0.629. The molecule has 1 amide bonds. The molecule has 1 unspecified atom stereocenters. The summed E-state index contributed by atoms with van der Waals surface area (Å²) >= 11 is 1.27. The van der Waals surface area contributed by atoms with Gasteiger partial charge in [0.05, 0.1) is 11.8 Å². The van der Waals surface area contributed by atoms with Gasteiger partial charge < -0.3 is 5.32 Å². The minimum Gasteiger partial charge on any atom is -0.325 e. The van der Waals surface area contributed by atoms with Crippen LogP contribution in [0.4, 0.5) is 5.69 Å². The van der Waals surface area contributed by atoms with Crippen molar-refractivity contribution in [2.45, 2.75) is 43.1 Å². The van der Waals surface area contributed by atoms with Crippen LogP contribution in [-0.2, 0) is 24.2 Å². The first-order valence-corrected chi connectivity index (χ1v) is 10.3. The van der Waals surface area contributed by atoms with Gasteiger partial charge in [0.15, 0.2) is 5.16 Å². The predicted molar refractivity (Wildman–Crippen MR) is 111 cm³/mol. The number of nitrogens with zero attached hydrogens (tertiary/aromatic N) is 2. The van der Waals surface area contributed by atoms with Crippen LogP contribution < -0.4 is 11.0 Å². The third-order valence-electron chi connectivity index (χ3n) is 4.92. The van der Waals surface area contributed by atoms with Crippen LogP contribution in [0.5, 0.6) is 0 Å². The van der Waals surface area contributed by atoms with E-state index in [1.54, 1.807) is 4.57 Å². The number of H-pyrrole nitrogens is 1. The molecule has 0 saturated carbocycles. The third kappa shape index (κ3) is 4.04. The molecule has 6 nitrogen and oxygen atoms in total. The van der Waals surface area contributed by atoms with E-state index in [9.17, 15) is 9.59 Å². The Morgan fingerprint density at radius 1 is 1.21 bits per heavy atom. The Hall–Kier alpha value is -2.80. The second-order valence-electron chi connectivity index (χ2n) is 6.97. The summed E-state index contributed by atoms with van der Waals surface area (Å²) in [6.07, 6.45) is 3.37. The van der Waals surface area contributed by atoms with Gasteiger partial charge in [0.1, 0.15) is 0 Å². The Morgan fingerprint density at radius 2 is 2.00 bits per heavy atom. The van der Waals surface area contributed by atoms with Crippen molar-refractivity contribution in [3.8, 4) is 0 Å². The van der Waals surface area contributed by atoms with E-state index in [0.29, 0.717) is 11.7 Å². The summed E-state index contributed by atoms with van der Waals surface area (Å²) < 4.78 is 1.55. The molecule has 7 heteroatoms. The van der Waals surface area contributed by atoms with E-state index in [4.69, 9.17) is 0 Å². The Bertz CT molecular complexity index is 1040. The minimum atomic E-state index is -0.391. The minimum absolute atomic E-state index is 0.107. The summed E-state index contributed by atoms with van der Waals surface area (Å²) in [5, 5.41) is 9.68. The summed E-state index contributed by atoms with van der Waals surface area (Å²) in [6.45, 7) is 2.23. The smallest absolute Gasteiger partial charge is 0.325 e. The van der Waals surface area contributed by atoms with Crippen molar-refractivity contribution in [3.63, 3.8) is 0 Å². The highest BCUT2D eigenvalue weighted by atomic mass is 32.2. The molecule has 1 aliphatic carbocycles. The van der Waals surface area contributed by atoms with Crippen LogP contribution in [0.1, 0.15) is 30.0 Å². The van der Waals surface area contributed by atoms with Crippen molar-refractivity contribution in [1.29, 1.82) is 0 Å². The first-order valence-electron chi connectivity index (χ1n) is 9.38. The molecule has 1 atom stereocenters. The summed E-state index contributed by atoms with van der Waals surface area (Å²) in [4.78, 5) is 24.8. The fourth-order valence-corrected chi connectivity index (χ4v) is 4.26. The highest BCUT2D eigenvalue weighted by Crippen LogP contribution is 2.26. The molecule has 0 aliphatic heterocycles. The van der Waals surface area contributed by atoms with Crippen LogP contribution in [0.3, 0.4) is 0 Å². The maximum absolute atomic E-state index is 12.6. The van der Waals surface area contributed by atoms with Crippen molar-refractivity contribution in [2.75, 3.05) is 5.32 Å². The zero-order chi connectivity index (χ0) is 19.5. The third-order valence-corrected chi connectivity index (χ3v) is 6.01. The van der Waals surface area contributed by atoms with Crippen LogP contribution in [0.15, 0.2) is 58.5 Å².